The fourth-order valence-electron chi connectivity index (χ4n) is 3.84. The lowest BCUT2D eigenvalue weighted by atomic mass is 10.1. The van der Waals surface area contributed by atoms with Gasteiger partial charge in [0.15, 0.2) is 0 Å². The lowest BCUT2D eigenvalue weighted by molar-refractivity contribution is 0.0696. The summed E-state index contributed by atoms with van der Waals surface area (Å²) in [6.45, 7) is 1.91. The van der Waals surface area contributed by atoms with E-state index in [0.29, 0.717) is 18.7 Å². The smallest absolute Gasteiger partial charge is 0.257 e. The van der Waals surface area contributed by atoms with Gasteiger partial charge in [-0.05, 0) is 25.3 Å². The van der Waals surface area contributed by atoms with E-state index in [4.69, 9.17) is 0 Å². The summed E-state index contributed by atoms with van der Waals surface area (Å²) in [5.74, 6) is -0.981. The lowest BCUT2D eigenvalue weighted by Crippen LogP contribution is -2.50. The monoisotopic (exact) mass is 406 g/mol. The lowest BCUT2D eigenvalue weighted by Gasteiger charge is -2.34. The van der Waals surface area contributed by atoms with Crippen molar-refractivity contribution in [2.45, 2.75) is 31.6 Å². The largest absolute Gasteiger partial charge is 0.336 e. The van der Waals surface area contributed by atoms with Crippen LogP contribution in [0.1, 0.15) is 34.5 Å². The molecule has 1 aromatic carbocycles. The van der Waals surface area contributed by atoms with Crippen molar-refractivity contribution < 1.29 is 17.6 Å². The molecule has 1 amide bonds. The number of sulfonamides is 1. The molecule has 2 aromatic rings. The van der Waals surface area contributed by atoms with Gasteiger partial charge in [0.2, 0.25) is 10.0 Å². The van der Waals surface area contributed by atoms with E-state index in [1.165, 1.54) is 22.5 Å². The normalized spacial score (nSPS) is 18.1. The van der Waals surface area contributed by atoms with Crippen LogP contribution < -0.4 is 0 Å². The number of fused-ring (bicyclic) bond motifs is 1. The highest BCUT2D eigenvalue weighted by Gasteiger charge is 2.31. The molecule has 7 nitrogen and oxygen atoms in total. The molecule has 2 aliphatic heterocycles. The van der Waals surface area contributed by atoms with E-state index < -0.39 is 15.8 Å². The van der Waals surface area contributed by atoms with Gasteiger partial charge in [-0.2, -0.15) is 9.40 Å². The predicted molar refractivity (Wildman–Crippen MR) is 102 cm³/mol. The average molecular weight is 406 g/mol. The standard InChI is InChI=1S/C19H23FN4O3S/c20-17-6-2-1-5-15(17)14-28(26,27)23-11-9-22(10-12-23)19(25)16-13-21-24-8-4-3-7-18(16)24/h1-2,5-6,13H,3-4,7-12,14H2. The molecule has 0 N–H and O–H groups in total. The van der Waals surface area contributed by atoms with Gasteiger partial charge < -0.3 is 4.90 Å². The minimum Gasteiger partial charge on any atom is -0.336 e. The molecule has 0 radical (unpaired) electrons. The minimum atomic E-state index is -3.64. The van der Waals surface area contributed by atoms with Crippen molar-refractivity contribution >= 4 is 15.9 Å². The van der Waals surface area contributed by atoms with E-state index in [2.05, 4.69) is 5.10 Å². The SMILES string of the molecule is O=C(c1cnn2c1CCCC2)N1CCN(S(=O)(=O)Cc2ccccc2F)CC1. The van der Waals surface area contributed by atoms with E-state index >= 15 is 0 Å². The fourth-order valence-corrected chi connectivity index (χ4v) is 5.37. The summed E-state index contributed by atoms with van der Waals surface area (Å²) < 4.78 is 42.3. The maximum atomic E-state index is 13.8. The Kier molecular flexibility index (Phi) is 5.20. The number of aromatic nitrogens is 2. The van der Waals surface area contributed by atoms with E-state index in [0.717, 1.165) is 31.5 Å². The Morgan fingerprint density at radius 3 is 2.57 bits per heavy atom. The molecule has 0 unspecified atom stereocenters. The number of amides is 1. The summed E-state index contributed by atoms with van der Waals surface area (Å²) in [4.78, 5) is 14.6. The molecule has 0 atom stereocenters. The third-order valence-electron chi connectivity index (χ3n) is 5.43. The van der Waals surface area contributed by atoms with Crippen LogP contribution in [0, 0.1) is 5.82 Å². The first kappa shape index (κ1) is 19.1. The molecule has 2 aliphatic rings. The van der Waals surface area contributed by atoms with Gasteiger partial charge in [-0.1, -0.05) is 18.2 Å². The average Bonchev–Trinajstić information content (AvgIpc) is 3.13. The van der Waals surface area contributed by atoms with Crippen molar-refractivity contribution in [1.29, 1.82) is 0 Å². The third kappa shape index (κ3) is 3.68. The second-order valence-electron chi connectivity index (χ2n) is 7.22. The van der Waals surface area contributed by atoms with E-state index in [1.807, 2.05) is 4.68 Å². The summed E-state index contributed by atoms with van der Waals surface area (Å²) in [5.41, 5.74) is 1.76. The molecular formula is C19H23FN4O3S. The van der Waals surface area contributed by atoms with Gasteiger partial charge in [0, 0.05) is 38.3 Å². The van der Waals surface area contributed by atoms with Crippen molar-refractivity contribution in [3.8, 4) is 0 Å². The number of hydrogen-bond acceptors (Lipinski definition) is 4. The van der Waals surface area contributed by atoms with Crippen molar-refractivity contribution in [2.75, 3.05) is 26.2 Å². The number of piperazine rings is 1. The molecule has 150 valence electrons. The number of carbonyl (C=O) groups is 1. The maximum Gasteiger partial charge on any atom is 0.257 e. The highest BCUT2D eigenvalue weighted by molar-refractivity contribution is 7.88. The predicted octanol–water partition coefficient (Wildman–Crippen LogP) is 1.65. The molecule has 0 aliphatic carbocycles. The van der Waals surface area contributed by atoms with Crippen LogP contribution in [0.3, 0.4) is 0 Å². The second kappa shape index (κ2) is 7.63. The third-order valence-corrected chi connectivity index (χ3v) is 7.26. The van der Waals surface area contributed by atoms with Gasteiger partial charge in [-0.3, -0.25) is 9.48 Å². The van der Waals surface area contributed by atoms with Crippen molar-refractivity contribution in [2.24, 2.45) is 0 Å². The number of hydrogen-bond donors (Lipinski definition) is 0. The van der Waals surface area contributed by atoms with E-state index in [-0.39, 0.29) is 30.3 Å². The molecule has 0 bridgehead atoms. The molecule has 1 saturated heterocycles. The van der Waals surface area contributed by atoms with Crippen molar-refractivity contribution in [3.63, 3.8) is 0 Å². The van der Waals surface area contributed by atoms with E-state index in [1.54, 1.807) is 17.2 Å². The molecular weight excluding hydrogens is 383 g/mol. The number of rotatable bonds is 4. The van der Waals surface area contributed by atoms with Gasteiger partial charge in [0.25, 0.3) is 5.91 Å². The highest BCUT2D eigenvalue weighted by atomic mass is 32.2. The first-order chi connectivity index (χ1) is 13.5. The van der Waals surface area contributed by atoms with Crippen LogP contribution in [0.4, 0.5) is 4.39 Å². The van der Waals surface area contributed by atoms with Crippen LogP contribution in [-0.2, 0) is 28.7 Å². The first-order valence-electron chi connectivity index (χ1n) is 9.51. The molecule has 1 fully saturated rings. The number of nitrogens with zero attached hydrogens (tertiary/aromatic N) is 4. The van der Waals surface area contributed by atoms with Gasteiger partial charge >= 0.3 is 0 Å². The molecule has 28 heavy (non-hydrogen) atoms. The molecule has 0 spiro atoms. The number of carbonyl (C=O) groups excluding carboxylic acids is 1. The van der Waals surface area contributed by atoms with Gasteiger partial charge in [-0.25, -0.2) is 12.8 Å². The molecule has 4 rings (SSSR count). The van der Waals surface area contributed by atoms with Gasteiger partial charge in [0.1, 0.15) is 5.82 Å². The van der Waals surface area contributed by atoms with Crippen molar-refractivity contribution in [3.05, 3.63) is 53.1 Å². The maximum absolute atomic E-state index is 13.8. The zero-order valence-corrected chi connectivity index (χ0v) is 16.4. The summed E-state index contributed by atoms with van der Waals surface area (Å²) in [5, 5.41) is 4.31. The second-order valence-corrected chi connectivity index (χ2v) is 9.19. The number of halogens is 1. The minimum absolute atomic E-state index is 0.0886. The quantitative estimate of drug-likeness (QED) is 0.774. The van der Waals surface area contributed by atoms with Gasteiger partial charge in [0.05, 0.1) is 23.2 Å². The van der Waals surface area contributed by atoms with Crippen LogP contribution in [0.15, 0.2) is 30.5 Å². The summed E-state index contributed by atoms with van der Waals surface area (Å²) in [6, 6.07) is 5.90. The Balaban J connectivity index is 1.41. The van der Waals surface area contributed by atoms with Gasteiger partial charge in [-0.15, -0.1) is 0 Å². The van der Waals surface area contributed by atoms with Crippen LogP contribution in [0.2, 0.25) is 0 Å². The molecule has 0 saturated carbocycles. The molecule has 3 heterocycles. The Labute approximate surface area is 163 Å². The van der Waals surface area contributed by atoms with Crippen LogP contribution in [0.5, 0.6) is 0 Å². The zero-order valence-electron chi connectivity index (χ0n) is 15.6. The first-order valence-corrected chi connectivity index (χ1v) is 11.1. The Morgan fingerprint density at radius 2 is 1.82 bits per heavy atom. The number of benzene rings is 1. The number of aryl methyl sites for hydroxylation is 1. The Morgan fingerprint density at radius 1 is 1.07 bits per heavy atom. The Hall–Kier alpha value is -2.26. The Bertz CT molecular complexity index is 981. The van der Waals surface area contributed by atoms with E-state index in [9.17, 15) is 17.6 Å². The summed E-state index contributed by atoms with van der Waals surface area (Å²) in [6.07, 6.45) is 4.59. The van der Waals surface area contributed by atoms with Crippen LogP contribution in [0.25, 0.3) is 0 Å². The van der Waals surface area contributed by atoms with Crippen molar-refractivity contribution in [1.82, 2.24) is 19.0 Å². The molecule has 9 heteroatoms. The van der Waals surface area contributed by atoms with Crippen LogP contribution in [-0.4, -0.2) is 59.5 Å². The summed E-state index contributed by atoms with van der Waals surface area (Å²) in [7, 11) is -3.64. The fraction of sp³-hybridized carbons (Fsp3) is 0.474. The molecule has 1 aromatic heterocycles. The highest BCUT2D eigenvalue weighted by Crippen LogP contribution is 2.21. The van der Waals surface area contributed by atoms with Crippen LogP contribution >= 0.6 is 0 Å². The zero-order chi connectivity index (χ0) is 19.7. The topological polar surface area (TPSA) is 75.5 Å². The summed E-state index contributed by atoms with van der Waals surface area (Å²) >= 11 is 0.